The monoisotopic (exact) mass is 396 g/mol. The molecule has 156 valence electrons. The molecule has 2 N–H and O–H groups in total. The molecular formula is C24H32N2O3. The van der Waals surface area contributed by atoms with Crippen LogP contribution in [0.15, 0.2) is 54.6 Å². The summed E-state index contributed by atoms with van der Waals surface area (Å²) < 4.78 is 0. The van der Waals surface area contributed by atoms with Gasteiger partial charge in [0.25, 0.3) is 5.91 Å². The number of rotatable bonds is 10. The number of hydrogen-bond donors (Lipinski definition) is 2. The number of amides is 1. The SMILES string of the molecule is CN[C@H](C(=O)ONC(=O)Cc1ccc(CCCCc2ccccc2)cc1)C(C)C. The number of likely N-dealkylation sites (N-methyl/N-ethyl adjacent to an activating group) is 1. The molecule has 0 aliphatic heterocycles. The summed E-state index contributed by atoms with van der Waals surface area (Å²) in [4.78, 5) is 28.9. The van der Waals surface area contributed by atoms with Crippen LogP contribution >= 0.6 is 0 Å². The van der Waals surface area contributed by atoms with Crippen LogP contribution in [0.1, 0.15) is 43.4 Å². The molecule has 1 amide bonds. The van der Waals surface area contributed by atoms with Crippen molar-refractivity contribution in [2.45, 2.75) is 52.0 Å². The minimum Gasteiger partial charge on any atom is -0.339 e. The predicted octanol–water partition coefficient (Wildman–Crippen LogP) is 3.61. The quantitative estimate of drug-likeness (QED) is 0.476. The molecule has 29 heavy (non-hydrogen) atoms. The van der Waals surface area contributed by atoms with Gasteiger partial charge in [-0.15, -0.1) is 0 Å². The third-order valence-corrected chi connectivity index (χ3v) is 4.91. The Morgan fingerprint density at radius 3 is 1.97 bits per heavy atom. The van der Waals surface area contributed by atoms with Gasteiger partial charge < -0.3 is 10.2 Å². The lowest BCUT2D eigenvalue weighted by Gasteiger charge is -2.17. The summed E-state index contributed by atoms with van der Waals surface area (Å²) in [5, 5.41) is 2.89. The maximum atomic E-state index is 12.0. The van der Waals surface area contributed by atoms with E-state index in [2.05, 4.69) is 47.2 Å². The molecule has 0 spiro atoms. The van der Waals surface area contributed by atoms with Crippen LogP contribution in [0.3, 0.4) is 0 Å². The van der Waals surface area contributed by atoms with E-state index < -0.39 is 12.0 Å². The van der Waals surface area contributed by atoms with Crippen LogP contribution in [0.25, 0.3) is 0 Å². The smallest absolute Gasteiger partial charge is 0.339 e. The standard InChI is InChI=1S/C24H32N2O3/c1-18(2)23(25-3)24(28)29-26-22(27)17-21-15-13-20(14-16-21)12-8-7-11-19-9-5-4-6-10-19/h4-6,9-10,13-16,18,23,25H,7-8,11-12,17H2,1-3H3,(H,26,27)/t23-/m0/s1. The van der Waals surface area contributed by atoms with E-state index in [0.717, 1.165) is 31.2 Å². The van der Waals surface area contributed by atoms with E-state index >= 15 is 0 Å². The number of carbonyl (C=O) groups excluding carboxylic acids is 2. The van der Waals surface area contributed by atoms with Crippen molar-refractivity contribution < 1.29 is 14.4 Å². The van der Waals surface area contributed by atoms with Crippen molar-refractivity contribution in [3.05, 3.63) is 71.3 Å². The van der Waals surface area contributed by atoms with Gasteiger partial charge in [0.15, 0.2) is 0 Å². The number of hydroxylamine groups is 1. The van der Waals surface area contributed by atoms with Crippen molar-refractivity contribution in [1.29, 1.82) is 0 Å². The van der Waals surface area contributed by atoms with E-state index in [-0.39, 0.29) is 18.2 Å². The average Bonchev–Trinajstić information content (AvgIpc) is 2.72. The van der Waals surface area contributed by atoms with E-state index in [9.17, 15) is 9.59 Å². The van der Waals surface area contributed by atoms with E-state index in [4.69, 9.17) is 4.84 Å². The molecular weight excluding hydrogens is 364 g/mol. The summed E-state index contributed by atoms with van der Waals surface area (Å²) >= 11 is 0. The predicted molar refractivity (Wildman–Crippen MR) is 115 cm³/mol. The lowest BCUT2D eigenvalue weighted by molar-refractivity contribution is -0.161. The molecule has 0 bridgehead atoms. The second kappa shape index (κ2) is 12.0. The van der Waals surface area contributed by atoms with E-state index in [1.807, 2.05) is 32.0 Å². The second-order valence-electron chi connectivity index (χ2n) is 7.64. The first kappa shape index (κ1) is 22.6. The Balaban J connectivity index is 1.69. The maximum Gasteiger partial charge on any atom is 0.349 e. The zero-order valence-electron chi connectivity index (χ0n) is 17.6. The fourth-order valence-corrected chi connectivity index (χ4v) is 3.24. The molecule has 0 saturated carbocycles. The first-order valence-corrected chi connectivity index (χ1v) is 10.3. The lowest BCUT2D eigenvalue weighted by Crippen LogP contribution is -2.43. The summed E-state index contributed by atoms with van der Waals surface area (Å²) in [7, 11) is 1.69. The summed E-state index contributed by atoms with van der Waals surface area (Å²) in [5.74, 6) is -0.751. The summed E-state index contributed by atoms with van der Waals surface area (Å²) in [6, 6.07) is 18.1. The molecule has 0 heterocycles. The Morgan fingerprint density at radius 1 is 0.862 bits per heavy atom. The molecule has 0 aromatic heterocycles. The number of carbonyl (C=O) groups is 2. The van der Waals surface area contributed by atoms with Gasteiger partial charge >= 0.3 is 5.97 Å². The minimum absolute atomic E-state index is 0.0737. The van der Waals surface area contributed by atoms with E-state index in [1.165, 1.54) is 11.1 Å². The molecule has 0 aliphatic rings. The maximum absolute atomic E-state index is 12.0. The van der Waals surface area contributed by atoms with Crippen molar-refractivity contribution in [2.75, 3.05) is 7.05 Å². The average molecular weight is 397 g/mol. The van der Waals surface area contributed by atoms with Crippen molar-refractivity contribution in [2.24, 2.45) is 5.92 Å². The molecule has 2 rings (SSSR count). The Kier molecular flexibility index (Phi) is 9.38. The van der Waals surface area contributed by atoms with Gasteiger partial charge in [-0.25, -0.2) is 4.79 Å². The Bertz CT molecular complexity index is 757. The normalized spacial score (nSPS) is 11.9. The molecule has 5 nitrogen and oxygen atoms in total. The molecule has 0 radical (unpaired) electrons. The van der Waals surface area contributed by atoms with E-state index in [0.29, 0.717) is 0 Å². The fourth-order valence-electron chi connectivity index (χ4n) is 3.24. The van der Waals surface area contributed by atoms with Gasteiger partial charge in [-0.05, 0) is 55.3 Å². The molecule has 5 heteroatoms. The summed E-state index contributed by atoms with van der Waals surface area (Å²) in [6.07, 6.45) is 4.59. The van der Waals surface area contributed by atoms with Gasteiger partial charge in [-0.1, -0.05) is 68.4 Å². The molecule has 2 aromatic rings. The molecule has 0 aliphatic carbocycles. The molecule has 0 unspecified atom stereocenters. The van der Waals surface area contributed by atoms with Crippen molar-refractivity contribution in [3.8, 4) is 0 Å². The van der Waals surface area contributed by atoms with Gasteiger partial charge in [-0.2, -0.15) is 5.48 Å². The molecule has 0 fully saturated rings. The van der Waals surface area contributed by atoms with Gasteiger partial charge in [0, 0.05) is 0 Å². The van der Waals surface area contributed by atoms with Crippen molar-refractivity contribution in [3.63, 3.8) is 0 Å². The topological polar surface area (TPSA) is 67.4 Å². The van der Waals surface area contributed by atoms with Crippen LogP contribution in [0.5, 0.6) is 0 Å². The van der Waals surface area contributed by atoms with Crippen LogP contribution in [-0.2, 0) is 33.7 Å². The second-order valence-corrected chi connectivity index (χ2v) is 7.64. The number of hydrogen-bond acceptors (Lipinski definition) is 4. The fraction of sp³-hybridized carbons (Fsp3) is 0.417. The largest absolute Gasteiger partial charge is 0.349 e. The number of nitrogens with one attached hydrogen (secondary N) is 2. The number of benzene rings is 2. The molecule has 2 aromatic carbocycles. The highest BCUT2D eigenvalue weighted by Gasteiger charge is 2.22. The Morgan fingerprint density at radius 2 is 1.41 bits per heavy atom. The van der Waals surface area contributed by atoms with Crippen LogP contribution in [0.2, 0.25) is 0 Å². The van der Waals surface area contributed by atoms with Gasteiger partial charge in [0.05, 0.1) is 6.42 Å². The zero-order valence-corrected chi connectivity index (χ0v) is 17.6. The molecule has 0 saturated heterocycles. The Hall–Kier alpha value is -2.66. The summed E-state index contributed by atoms with van der Waals surface area (Å²) in [5.41, 5.74) is 5.78. The highest BCUT2D eigenvalue weighted by atomic mass is 16.7. The first-order valence-electron chi connectivity index (χ1n) is 10.3. The first-order chi connectivity index (χ1) is 14.0. The molecule has 1 atom stereocenters. The van der Waals surface area contributed by atoms with Crippen molar-refractivity contribution in [1.82, 2.24) is 10.8 Å². The summed E-state index contributed by atoms with van der Waals surface area (Å²) in [6.45, 7) is 3.82. The minimum atomic E-state index is -0.485. The van der Waals surface area contributed by atoms with Gasteiger partial charge in [0.1, 0.15) is 6.04 Å². The third-order valence-electron chi connectivity index (χ3n) is 4.91. The lowest BCUT2D eigenvalue weighted by atomic mass is 10.0. The number of aryl methyl sites for hydroxylation is 2. The van der Waals surface area contributed by atoms with Crippen LogP contribution in [-0.4, -0.2) is 25.0 Å². The zero-order chi connectivity index (χ0) is 21.1. The number of unbranched alkanes of at least 4 members (excludes halogenated alkanes) is 1. The highest BCUT2D eigenvalue weighted by Crippen LogP contribution is 2.11. The van der Waals surface area contributed by atoms with E-state index in [1.54, 1.807) is 7.05 Å². The highest BCUT2D eigenvalue weighted by molar-refractivity contribution is 5.81. The van der Waals surface area contributed by atoms with Gasteiger partial charge in [0.2, 0.25) is 0 Å². The third kappa shape index (κ3) is 8.08. The van der Waals surface area contributed by atoms with Crippen molar-refractivity contribution >= 4 is 11.9 Å². The van der Waals surface area contributed by atoms with Crippen LogP contribution < -0.4 is 10.8 Å². The van der Waals surface area contributed by atoms with Crippen LogP contribution in [0, 0.1) is 5.92 Å². The Labute approximate surface area is 173 Å². The van der Waals surface area contributed by atoms with Crippen LogP contribution in [0.4, 0.5) is 0 Å². The van der Waals surface area contributed by atoms with Gasteiger partial charge in [-0.3, -0.25) is 4.79 Å².